The molecule has 6 heteroatoms. The number of H-pyrrole nitrogens is 1. The van der Waals surface area contributed by atoms with Crippen LogP contribution in [0.4, 0.5) is 0 Å². The molecule has 1 fully saturated rings. The first-order chi connectivity index (χ1) is 11.7. The molecule has 2 aromatic rings. The fourth-order valence-corrected chi connectivity index (χ4v) is 3.48. The van der Waals surface area contributed by atoms with Crippen molar-refractivity contribution in [1.29, 1.82) is 0 Å². The zero-order valence-corrected chi connectivity index (χ0v) is 14.6. The Hall–Kier alpha value is -2.08. The number of benzene rings is 1. The third-order valence-electron chi connectivity index (χ3n) is 4.05. The van der Waals surface area contributed by atoms with Gasteiger partial charge in [0.1, 0.15) is 5.82 Å². The Bertz CT molecular complexity index is 698. The van der Waals surface area contributed by atoms with Gasteiger partial charge in [-0.25, -0.2) is 4.98 Å². The zero-order chi connectivity index (χ0) is 16.8. The monoisotopic (exact) mass is 342 g/mol. The maximum absolute atomic E-state index is 12.3. The summed E-state index contributed by atoms with van der Waals surface area (Å²) in [6.45, 7) is 3.95. The van der Waals surface area contributed by atoms with Crippen molar-refractivity contribution in [2.45, 2.75) is 24.9 Å². The van der Waals surface area contributed by atoms with Gasteiger partial charge in [-0.15, -0.1) is 5.10 Å². The van der Waals surface area contributed by atoms with Crippen LogP contribution in [0.3, 0.4) is 0 Å². The van der Waals surface area contributed by atoms with E-state index < -0.39 is 0 Å². The Morgan fingerprint density at radius 3 is 3.00 bits per heavy atom. The van der Waals surface area contributed by atoms with Crippen molar-refractivity contribution in [2.75, 3.05) is 18.8 Å². The van der Waals surface area contributed by atoms with Crippen LogP contribution >= 0.6 is 11.8 Å². The van der Waals surface area contributed by atoms with Crippen LogP contribution in [-0.4, -0.2) is 44.8 Å². The molecule has 0 spiro atoms. The topological polar surface area (TPSA) is 61.9 Å². The van der Waals surface area contributed by atoms with E-state index in [0.717, 1.165) is 25.1 Å². The third-order valence-corrected chi connectivity index (χ3v) is 4.88. The number of rotatable bonds is 5. The molecule has 0 saturated carbocycles. The normalized spacial score (nSPS) is 18.2. The van der Waals surface area contributed by atoms with Gasteiger partial charge in [-0.1, -0.05) is 55.1 Å². The summed E-state index contributed by atoms with van der Waals surface area (Å²) in [5.41, 5.74) is 1.11. The van der Waals surface area contributed by atoms with Crippen LogP contribution in [0.25, 0.3) is 12.2 Å². The van der Waals surface area contributed by atoms with Crippen molar-refractivity contribution in [2.24, 2.45) is 5.92 Å². The van der Waals surface area contributed by atoms with Gasteiger partial charge in [0, 0.05) is 13.1 Å². The zero-order valence-electron chi connectivity index (χ0n) is 13.8. The third kappa shape index (κ3) is 4.71. The largest absolute Gasteiger partial charge is 0.342 e. The van der Waals surface area contributed by atoms with Gasteiger partial charge >= 0.3 is 0 Å². The van der Waals surface area contributed by atoms with Crippen LogP contribution in [0.15, 0.2) is 35.5 Å². The van der Waals surface area contributed by atoms with Crippen molar-refractivity contribution >= 4 is 29.8 Å². The van der Waals surface area contributed by atoms with E-state index >= 15 is 0 Å². The summed E-state index contributed by atoms with van der Waals surface area (Å²) < 4.78 is 0. The van der Waals surface area contributed by atoms with E-state index in [9.17, 15) is 4.79 Å². The number of likely N-dealkylation sites (tertiary alicyclic amines) is 1. The van der Waals surface area contributed by atoms with Crippen LogP contribution in [-0.2, 0) is 4.79 Å². The van der Waals surface area contributed by atoms with Crippen molar-refractivity contribution in [1.82, 2.24) is 20.1 Å². The van der Waals surface area contributed by atoms with Gasteiger partial charge in [0.25, 0.3) is 0 Å². The van der Waals surface area contributed by atoms with E-state index in [0.29, 0.717) is 22.7 Å². The number of carbonyl (C=O) groups is 1. The number of aromatic amines is 1. The minimum Gasteiger partial charge on any atom is -0.342 e. The fourth-order valence-electron chi connectivity index (χ4n) is 2.77. The average molecular weight is 342 g/mol. The Kier molecular flexibility index (Phi) is 5.69. The van der Waals surface area contributed by atoms with Crippen LogP contribution < -0.4 is 0 Å². The number of thioether (sulfide) groups is 1. The van der Waals surface area contributed by atoms with E-state index in [1.54, 1.807) is 0 Å². The number of amides is 1. The van der Waals surface area contributed by atoms with E-state index in [1.807, 2.05) is 47.4 Å². The Morgan fingerprint density at radius 1 is 1.38 bits per heavy atom. The number of piperidine rings is 1. The van der Waals surface area contributed by atoms with Gasteiger partial charge in [0.05, 0.1) is 5.75 Å². The Balaban J connectivity index is 1.51. The molecule has 0 bridgehead atoms. The molecule has 1 unspecified atom stereocenters. The van der Waals surface area contributed by atoms with Crippen molar-refractivity contribution in [3.8, 4) is 0 Å². The summed E-state index contributed by atoms with van der Waals surface area (Å²) in [4.78, 5) is 18.6. The average Bonchev–Trinajstić information content (AvgIpc) is 3.07. The van der Waals surface area contributed by atoms with Crippen LogP contribution in [0.2, 0.25) is 0 Å². The molecular weight excluding hydrogens is 320 g/mol. The first-order valence-electron chi connectivity index (χ1n) is 8.27. The number of carbonyl (C=O) groups excluding carboxylic acids is 1. The molecule has 3 rings (SSSR count). The summed E-state index contributed by atoms with van der Waals surface area (Å²) in [6.07, 6.45) is 6.19. The van der Waals surface area contributed by atoms with Crippen molar-refractivity contribution < 1.29 is 4.79 Å². The second kappa shape index (κ2) is 8.15. The number of nitrogens with one attached hydrogen (secondary N) is 1. The molecule has 2 heterocycles. The standard InChI is InChI=1S/C18H22N4OS/c1-14-6-5-11-22(12-14)17(23)13-24-18-19-16(20-21-18)10-9-15-7-3-2-4-8-15/h2-4,7-10,14H,5-6,11-13H2,1H3,(H,19,20,21)/b10-9+. The maximum Gasteiger partial charge on any atom is 0.233 e. The van der Waals surface area contributed by atoms with Gasteiger partial charge in [0.15, 0.2) is 0 Å². The first-order valence-corrected chi connectivity index (χ1v) is 9.25. The summed E-state index contributed by atoms with van der Waals surface area (Å²) in [6, 6.07) is 10.0. The summed E-state index contributed by atoms with van der Waals surface area (Å²) in [7, 11) is 0. The lowest BCUT2D eigenvalue weighted by atomic mass is 10.0. The van der Waals surface area contributed by atoms with E-state index in [4.69, 9.17) is 0 Å². The first kappa shape index (κ1) is 16.8. The highest BCUT2D eigenvalue weighted by atomic mass is 32.2. The van der Waals surface area contributed by atoms with Crippen LogP contribution in [0.5, 0.6) is 0 Å². The molecule has 0 radical (unpaired) electrons. The number of aromatic nitrogens is 3. The molecule has 24 heavy (non-hydrogen) atoms. The smallest absolute Gasteiger partial charge is 0.233 e. The molecular formula is C18H22N4OS. The molecule has 5 nitrogen and oxygen atoms in total. The molecule has 1 N–H and O–H groups in total. The van der Waals surface area contributed by atoms with Crippen LogP contribution in [0.1, 0.15) is 31.2 Å². The number of hydrogen-bond acceptors (Lipinski definition) is 4. The van der Waals surface area contributed by atoms with E-state index in [1.165, 1.54) is 18.2 Å². The maximum atomic E-state index is 12.3. The number of hydrogen-bond donors (Lipinski definition) is 1. The molecule has 1 atom stereocenters. The SMILES string of the molecule is CC1CCCN(C(=O)CSc2n[nH]c(/C=C/c3ccccc3)n2)C1. The Labute approximate surface area is 146 Å². The quantitative estimate of drug-likeness (QED) is 0.847. The number of nitrogens with zero attached hydrogens (tertiary/aromatic N) is 3. The van der Waals surface area contributed by atoms with Crippen molar-refractivity contribution in [3.63, 3.8) is 0 Å². The molecule has 1 aliphatic rings. The molecule has 1 saturated heterocycles. The summed E-state index contributed by atoms with van der Waals surface area (Å²) in [5, 5.41) is 7.67. The van der Waals surface area contributed by atoms with Gasteiger partial charge in [-0.2, -0.15) is 0 Å². The lowest BCUT2D eigenvalue weighted by Crippen LogP contribution is -2.40. The highest BCUT2D eigenvalue weighted by Gasteiger charge is 2.21. The lowest BCUT2D eigenvalue weighted by Gasteiger charge is -2.30. The molecule has 0 aliphatic carbocycles. The van der Waals surface area contributed by atoms with E-state index in [2.05, 4.69) is 22.1 Å². The highest BCUT2D eigenvalue weighted by Crippen LogP contribution is 2.19. The lowest BCUT2D eigenvalue weighted by molar-refractivity contribution is -0.130. The minimum absolute atomic E-state index is 0.178. The fraction of sp³-hybridized carbons (Fsp3) is 0.389. The molecule has 1 aliphatic heterocycles. The predicted molar refractivity (Wildman–Crippen MR) is 97.5 cm³/mol. The van der Waals surface area contributed by atoms with Crippen LogP contribution in [0, 0.1) is 5.92 Å². The predicted octanol–water partition coefficient (Wildman–Crippen LogP) is 3.33. The minimum atomic E-state index is 0.178. The molecule has 1 amide bonds. The molecule has 1 aromatic heterocycles. The van der Waals surface area contributed by atoms with Gasteiger partial charge in [0.2, 0.25) is 11.1 Å². The highest BCUT2D eigenvalue weighted by molar-refractivity contribution is 7.99. The summed E-state index contributed by atoms with van der Waals surface area (Å²) in [5.74, 6) is 1.87. The second-order valence-corrected chi connectivity index (χ2v) is 7.07. The van der Waals surface area contributed by atoms with Gasteiger partial charge < -0.3 is 4.90 Å². The van der Waals surface area contributed by atoms with Gasteiger partial charge in [-0.3, -0.25) is 9.89 Å². The second-order valence-electron chi connectivity index (χ2n) is 6.12. The Morgan fingerprint density at radius 2 is 2.21 bits per heavy atom. The molecule has 126 valence electrons. The van der Waals surface area contributed by atoms with E-state index in [-0.39, 0.29) is 5.91 Å². The van der Waals surface area contributed by atoms with Crippen molar-refractivity contribution in [3.05, 3.63) is 41.7 Å². The van der Waals surface area contributed by atoms with Gasteiger partial charge in [-0.05, 0) is 30.4 Å². The molecule has 1 aromatic carbocycles. The summed E-state index contributed by atoms with van der Waals surface area (Å²) >= 11 is 1.39.